The van der Waals surface area contributed by atoms with E-state index in [-0.39, 0.29) is 5.91 Å². The summed E-state index contributed by atoms with van der Waals surface area (Å²) < 4.78 is 11.2. The van der Waals surface area contributed by atoms with E-state index in [0.717, 1.165) is 30.6 Å². The Morgan fingerprint density at radius 1 is 1.00 bits per heavy atom. The zero-order valence-corrected chi connectivity index (χ0v) is 18.4. The molecule has 2 heterocycles. The third-order valence-corrected chi connectivity index (χ3v) is 7.82. The highest BCUT2D eigenvalue weighted by atomic mass is 16.5. The fourth-order valence-electron chi connectivity index (χ4n) is 6.37. The lowest BCUT2D eigenvalue weighted by atomic mass is 9.65. The zero-order chi connectivity index (χ0) is 21.6. The molecule has 5 nitrogen and oxygen atoms in total. The summed E-state index contributed by atoms with van der Waals surface area (Å²) in [5.74, 6) is 1.56. The minimum atomic E-state index is -1.51. The highest BCUT2D eigenvalue weighted by Gasteiger charge is 2.64. The molecule has 164 valence electrons. The predicted molar refractivity (Wildman–Crippen MR) is 118 cm³/mol. The van der Waals surface area contributed by atoms with E-state index in [1.807, 2.05) is 35.2 Å². The van der Waals surface area contributed by atoms with Crippen molar-refractivity contribution in [3.05, 3.63) is 59.2 Å². The summed E-state index contributed by atoms with van der Waals surface area (Å²) in [6, 6.07) is 13.6. The molecule has 2 atom stereocenters. The number of nitrogens with zero attached hydrogens (tertiary/aromatic N) is 1. The molecule has 1 saturated carbocycles. The van der Waals surface area contributed by atoms with Crippen LogP contribution in [0.15, 0.2) is 42.5 Å². The van der Waals surface area contributed by atoms with Crippen LogP contribution in [0.5, 0.6) is 11.5 Å². The summed E-state index contributed by atoms with van der Waals surface area (Å²) in [5.41, 5.74) is 0.989. The minimum Gasteiger partial charge on any atom is -0.493 e. The summed E-state index contributed by atoms with van der Waals surface area (Å²) in [4.78, 5) is 15.8. The monoisotopic (exact) mass is 421 g/mol. The van der Waals surface area contributed by atoms with Crippen molar-refractivity contribution in [3.63, 3.8) is 0 Å². The molecule has 2 aromatic carbocycles. The van der Waals surface area contributed by atoms with Gasteiger partial charge in [-0.1, -0.05) is 49.6 Å². The Morgan fingerprint density at radius 2 is 1.68 bits per heavy atom. The summed E-state index contributed by atoms with van der Waals surface area (Å²) in [6.45, 7) is 0.618. The van der Waals surface area contributed by atoms with Crippen LogP contribution in [0.1, 0.15) is 55.2 Å². The predicted octanol–water partition coefficient (Wildman–Crippen LogP) is 4.16. The van der Waals surface area contributed by atoms with E-state index in [1.54, 1.807) is 14.2 Å². The van der Waals surface area contributed by atoms with Crippen molar-refractivity contribution in [2.75, 3.05) is 20.8 Å². The van der Waals surface area contributed by atoms with Gasteiger partial charge in [0.1, 0.15) is 0 Å². The molecule has 1 amide bonds. The van der Waals surface area contributed by atoms with E-state index in [2.05, 4.69) is 12.1 Å². The largest absolute Gasteiger partial charge is 0.493 e. The molecule has 5 heteroatoms. The first-order valence-electron chi connectivity index (χ1n) is 11.4. The van der Waals surface area contributed by atoms with Crippen molar-refractivity contribution in [2.24, 2.45) is 5.92 Å². The SMILES string of the molecule is COc1cc2c(cc1OC)[C@]1(C3CCCCC3)C[C@@](O)(c3ccccc3)C(=O)N1CC2. The van der Waals surface area contributed by atoms with E-state index < -0.39 is 11.1 Å². The second kappa shape index (κ2) is 7.56. The fraction of sp³-hybridized carbons (Fsp3) is 0.500. The van der Waals surface area contributed by atoms with Gasteiger partial charge in [0.2, 0.25) is 0 Å². The molecule has 0 unspecified atom stereocenters. The van der Waals surface area contributed by atoms with Crippen LogP contribution < -0.4 is 9.47 Å². The first-order valence-corrected chi connectivity index (χ1v) is 11.4. The van der Waals surface area contributed by atoms with Crippen LogP contribution >= 0.6 is 0 Å². The van der Waals surface area contributed by atoms with E-state index in [4.69, 9.17) is 9.47 Å². The second-order valence-corrected chi connectivity index (χ2v) is 9.23. The smallest absolute Gasteiger partial charge is 0.260 e. The van der Waals surface area contributed by atoms with Gasteiger partial charge >= 0.3 is 0 Å². The molecule has 3 aliphatic rings. The second-order valence-electron chi connectivity index (χ2n) is 9.23. The lowest BCUT2D eigenvalue weighted by Gasteiger charge is -2.50. The number of hydrogen-bond acceptors (Lipinski definition) is 4. The fourth-order valence-corrected chi connectivity index (χ4v) is 6.37. The van der Waals surface area contributed by atoms with Gasteiger partial charge < -0.3 is 19.5 Å². The lowest BCUT2D eigenvalue weighted by Crippen LogP contribution is -2.53. The van der Waals surface area contributed by atoms with Gasteiger partial charge in [-0.15, -0.1) is 0 Å². The normalized spacial score (nSPS) is 28.2. The van der Waals surface area contributed by atoms with Crippen molar-refractivity contribution in [3.8, 4) is 11.5 Å². The average Bonchev–Trinajstić information content (AvgIpc) is 3.08. The Kier molecular flexibility index (Phi) is 4.97. The topological polar surface area (TPSA) is 59.0 Å². The third-order valence-electron chi connectivity index (χ3n) is 7.82. The molecular formula is C26H31NO4. The quantitative estimate of drug-likeness (QED) is 0.806. The van der Waals surface area contributed by atoms with Crippen molar-refractivity contribution in [1.82, 2.24) is 4.90 Å². The first kappa shape index (κ1) is 20.4. The van der Waals surface area contributed by atoms with Gasteiger partial charge in [0.25, 0.3) is 5.91 Å². The number of ether oxygens (including phenoxy) is 2. The van der Waals surface area contributed by atoms with Crippen molar-refractivity contribution in [1.29, 1.82) is 0 Å². The number of rotatable bonds is 4. The van der Waals surface area contributed by atoms with Gasteiger partial charge in [-0.3, -0.25) is 4.79 Å². The molecule has 0 aromatic heterocycles. The maximum Gasteiger partial charge on any atom is 0.260 e. The van der Waals surface area contributed by atoms with Gasteiger partial charge in [0.05, 0.1) is 19.8 Å². The molecular weight excluding hydrogens is 390 g/mol. The summed E-state index contributed by atoms with van der Waals surface area (Å²) in [7, 11) is 3.31. The summed E-state index contributed by atoms with van der Waals surface area (Å²) in [6.07, 6.45) is 6.85. The Bertz CT molecular complexity index is 984. The van der Waals surface area contributed by atoms with E-state index >= 15 is 0 Å². The number of aliphatic hydroxyl groups is 1. The maximum atomic E-state index is 13.8. The molecule has 2 fully saturated rings. The summed E-state index contributed by atoms with van der Waals surface area (Å²) in [5, 5.41) is 11.9. The molecule has 5 rings (SSSR count). The van der Waals surface area contributed by atoms with Crippen LogP contribution in [0.3, 0.4) is 0 Å². The number of methoxy groups -OCH3 is 2. The Morgan fingerprint density at radius 3 is 2.35 bits per heavy atom. The Labute approximate surface area is 184 Å². The van der Waals surface area contributed by atoms with Crippen LogP contribution in [0.4, 0.5) is 0 Å². The van der Waals surface area contributed by atoms with Gasteiger partial charge in [0, 0.05) is 13.0 Å². The number of fused-ring (bicyclic) bond motifs is 3. The first-order chi connectivity index (χ1) is 15.0. The lowest BCUT2D eigenvalue weighted by molar-refractivity contribution is -0.146. The number of carbonyl (C=O) groups is 1. The van der Waals surface area contributed by atoms with Crippen LogP contribution in [-0.2, 0) is 22.4 Å². The van der Waals surface area contributed by atoms with Crippen LogP contribution in [-0.4, -0.2) is 36.7 Å². The van der Waals surface area contributed by atoms with E-state index in [0.29, 0.717) is 30.2 Å². The molecule has 31 heavy (non-hydrogen) atoms. The molecule has 1 aliphatic carbocycles. The minimum absolute atomic E-state index is 0.162. The van der Waals surface area contributed by atoms with Crippen molar-refractivity contribution >= 4 is 5.91 Å². The molecule has 2 aromatic rings. The van der Waals surface area contributed by atoms with Crippen LogP contribution in [0.2, 0.25) is 0 Å². The molecule has 1 saturated heterocycles. The van der Waals surface area contributed by atoms with Crippen LogP contribution in [0, 0.1) is 5.92 Å². The number of carbonyl (C=O) groups excluding carboxylic acids is 1. The van der Waals surface area contributed by atoms with Crippen molar-refractivity contribution < 1.29 is 19.4 Å². The van der Waals surface area contributed by atoms with Gasteiger partial charge in [-0.05, 0) is 54.0 Å². The molecule has 2 aliphatic heterocycles. The summed E-state index contributed by atoms with van der Waals surface area (Å²) >= 11 is 0. The number of benzene rings is 2. The Balaban J connectivity index is 1.72. The van der Waals surface area contributed by atoms with Gasteiger partial charge in [-0.25, -0.2) is 0 Å². The third kappa shape index (κ3) is 2.89. The highest BCUT2D eigenvalue weighted by Crippen LogP contribution is 2.58. The van der Waals surface area contributed by atoms with Crippen LogP contribution in [0.25, 0.3) is 0 Å². The van der Waals surface area contributed by atoms with Crippen molar-refractivity contribution in [2.45, 2.75) is 56.1 Å². The molecule has 0 radical (unpaired) electrons. The number of hydrogen-bond donors (Lipinski definition) is 1. The number of amides is 1. The van der Waals surface area contributed by atoms with E-state index in [1.165, 1.54) is 24.8 Å². The molecule has 1 N–H and O–H groups in total. The molecule has 0 bridgehead atoms. The van der Waals surface area contributed by atoms with Gasteiger partial charge in [-0.2, -0.15) is 0 Å². The van der Waals surface area contributed by atoms with E-state index in [9.17, 15) is 9.90 Å². The average molecular weight is 422 g/mol. The van der Waals surface area contributed by atoms with Gasteiger partial charge in [0.15, 0.2) is 17.1 Å². The zero-order valence-electron chi connectivity index (χ0n) is 18.4. The maximum absolute atomic E-state index is 13.8. The standard InChI is InChI=1S/C26H31NO4/c1-30-22-15-18-13-14-27-24(28)26(29,20-11-7-4-8-12-20)17-25(27,19-9-5-3-6-10-19)21(18)16-23(22)31-2/h4,7-8,11-12,15-16,19,29H,3,5-6,9-10,13-14,17H2,1-2H3/t25-,26-/m1/s1. The molecule has 0 spiro atoms. The Hall–Kier alpha value is -2.53. The highest BCUT2D eigenvalue weighted by molar-refractivity contribution is 5.90.